The van der Waals surface area contributed by atoms with E-state index >= 15 is 0 Å². The van der Waals surface area contributed by atoms with Crippen LogP contribution in [-0.2, 0) is 6.42 Å². The highest BCUT2D eigenvalue weighted by Gasteiger charge is 1.98. The Bertz CT molecular complexity index is 312. The van der Waals surface area contributed by atoms with Crippen LogP contribution < -0.4 is 0 Å². The number of hydrogen-bond donors (Lipinski definition) is 0. The first-order valence-electron chi connectivity index (χ1n) is 3.86. The quantitative estimate of drug-likeness (QED) is 0.685. The maximum Gasteiger partial charge on any atom is 0.0625 e. The molecule has 0 saturated carbocycles. The fourth-order valence-corrected chi connectivity index (χ4v) is 1.38. The minimum absolute atomic E-state index is 0.531. The first-order chi connectivity index (χ1) is 5.74. The number of hydrogen-bond acceptors (Lipinski definition) is 1. The number of rotatable bonds is 2. The Morgan fingerprint density at radius 1 is 1.50 bits per heavy atom. The van der Waals surface area contributed by atoms with Gasteiger partial charge in [-0.15, -0.1) is 0 Å². The molecule has 0 radical (unpaired) electrons. The molecule has 1 rings (SSSR count). The van der Waals surface area contributed by atoms with Crippen molar-refractivity contribution < 1.29 is 0 Å². The maximum absolute atomic E-state index is 8.38. The molecule has 0 fully saturated rings. The van der Waals surface area contributed by atoms with Gasteiger partial charge in [-0.2, -0.15) is 5.26 Å². The highest BCUT2D eigenvalue weighted by atomic mass is 35.5. The molecule has 0 N–H and O–H groups in total. The van der Waals surface area contributed by atoms with Gasteiger partial charge >= 0.3 is 0 Å². The SMILES string of the molecule is Cc1ccc(CCC#N)c(Cl)c1. The Balaban J connectivity index is 2.81. The highest BCUT2D eigenvalue weighted by Crippen LogP contribution is 2.18. The summed E-state index contributed by atoms with van der Waals surface area (Å²) in [5.74, 6) is 0. The van der Waals surface area contributed by atoms with Crippen molar-refractivity contribution in [1.82, 2.24) is 0 Å². The van der Waals surface area contributed by atoms with Crippen LogP contribution in [0.5, 0.6) is 0 Å². The van der Waals surface area contributed by atoms with Crippen molar-refractivity contribution in [3.63, 3.8) is 0 Å². The molecular formula is C10H10ClN. The molecular weight excluding hydrogens is 170 g/mol. The molecule has 62 valence electrons. The summed E-state index contributed by atoms with van der Waals surface area (Å²) in [5.41, 5.74) is 2.21. The Morgan fingerprint density at radius 2 is 2.25 bits per heavy atom. The molecule has 2 heteroatoms. The van der Waals surface area contributed by atoms with Crippen molar-refractivity contribution >= 4 is 11.6 Å². The van der Waals surface area contributed by atoms with Gasteiger partial charge < -0.3 is 0 Å². The van der Waals surface area contributed by atoms with Gasteiger partial charge in [0.1, 0.15) is 0 Å². The van der Waals surface area contributed by atoms with E-state index in [1.54, 1.807) is 0 Å². The van der Waals surface area contributed by atoms with E-state index in [1.165, 1.54) is 0 Å². The van der Waals surface area contributed by atoms with E-state index in [-0.39, 0.29) is 0 Å². The summed E-state index contributed by atoms with van der Waals surface area (Å²) >= 11 is 5.96. The third kappa shape index (κ3) is 2.25. The lowest BCUT2D eigenvalue weighted by Gasteiger charge is -2.01. The Morgan fingerprint density at radius 3 is 2.83 bits per heavy atom. The molecule has 0 amide bonds. The summed E-state index contributed by atoms with van der Waals surface area (Å²) in [5, 5.41) is 9.15. The van der Waals surface area contributed by atoms with Crippen LogP contribution in [0.25, 0.3) is 0 Å². The second-order valence-corrected chi connectivity index (χ2v) is 3.16. The lowest BCUT2D eigenvalue weighted by Crippen LogP contribution is -1.85. The zero-order valence-corrected chi connectivity index (χ0v) is 7.73. The van der Waals surface area contributed by atoms with Crippen LogP contribution in [-0.4, -0.2) is 0 Å². The fraction of sp³-hybridized carbons (Fsp3) is 0.300. The van der Waals surface area contributed by atoms with Crippen molar-refractivity contribution in [2.45, 2.75) is 19.8 Å². The number of aryl methyl sites for hydroxylation is 2. The summed E-state index contributed by atoms with van der Waals surface area (Å²) < 4.78 is 0. The van der Waals surface area contributed by atoms with Gasteiger partial charge in [0, 0.05) is 11.4 Å². The normalized spacial score (nSPS) is 9.42. The molecule has 1 aromatic carbocycles. The van der Waals surface area contributed by atoms with E-state index in [1.807, 2.05) is 25.1 Å². The van der Waals surface area contributed by atoms with E-state index in [0.717, 1.165) is 22.6 Å². The molecule has 1 nitrogen and oxygen atoms in total. The molecule has 1 aromatic rings. The van der Waals surface area contributed by atoms with E-state index in [4.69, 9.17) is 16.9 Å². The van der Waals surface area contributed by atoms with Gasteiger partial charge in [-0.25, -0.2) is 0 Å². The summed E-state index contributed by atoms with van der Waals surface area (Å²) in [6.45, 7) is 2.00. The van der Waals surface area contributed by atoms with Gasteiger partial charge in [-0.05, 0) is 30.5 Å². The molecule has 12 heavy (non-hydrogen) atoms. The predicted octanol–water partition coefficient (Wildman–Crippen LogP) is 3.10. The van der Waals surface area contributed by atoms with Crippen molar-refractivity contribution in [2.24, 2.45) is 0 Å². The molecule has 0 bridgehead atoms. The van der Waals surface area contributed by atoms with E-state index < -0.39 is 0 Å². The van der Waals surface area contributed by atoms with Crippen LogP contribution in [0.4, 0.5) is 0 Å². The van der Waals surface area contributed by atoms with Gasteiger partial charge in [0.2, 0.25) is 0 Å². The van der Waals surface area contributed by atoms with Gasteiger partial charge in [0.15, 0.2) is 0 Å². The van der Waals surface area contributed by atoms with Crippen molar-refractivity contribution in [3.05, 3.63) is 34.3 Å². The summed E-state index contributed by atoms with van der Waals surface area (Å²) in [4.78, 5) is 0. The summed E-state index contributed by atoms with van der Waals surface area (Å²) in [6, 6.07) is 8.02. The third-order valence-electron chi connectivity index (χ3n) is 1.71. The maximum atomic E-state index is 8.38. The Kier molecular flexibility index (Phi) is 3.13. The van der Waals surface area contributed by atoms with Gasteiger partial charge in [-0.1, -0.05) is 23.7 Å². The number of nitriles is 1. The molecule has 0 aliphatic rings. The predicted molar refractivity (Wildman–Crippen MR) is 50.1 cm³/mol. The number of halogens is 1. The zero-order chi connectivity index (χ0) is 8.97. The average molecular weight is 180 g/mol. The summed E-state index contributed by atoms with van der Waals surface area (Å²) in [6.07, 6.45) is 1.28. The molecule has 0 aliphatic carbocycles. The Hall–Kier alpha value is -1.00. The second kappa shape index (κ2) is 4.13. The lowest BCUT2D eigenvalue weighted by atomic mass is 10.1. The van der Waals surface area contributed by atoms with Crippen molar-refractivity contribution in [2.75, 3.05) is 0 Å². The molecule has 0 heterocycles. The largest absolute Gasteiger partial charge is 0.198 e. The van der Waals surface area contributed by atoms with Gasteiger partial charge in [0.05, 0.1) is 6.07 Å². The highest BCUT2D eigenvalue weighted by molar-refractivity contribution is 6.31. The smallest absolute Gasteiger partial charge is 0.0625 e. The minimum Gasteiger partial charge on any atom is -0.198 e. The van der Waals surface area contributed by atoms with Gasteiger partial charge in [0.25, 0.3) is 0 Å². The molecule has 0 aromatic heterocycles. The second-order valence-electron chi connectivity index (χ2n) is 2.75. The number of nitrogens with zero attached hydrogens (tertiary/aromatic N) is 1. The van der Waals surface area contributed by atoms with Crippen molar-refractivity contribution in [3.8, 4) is 6.07 Å². The van der Waals surface area contributed by atoms with E-state index in [9.17, 15) is 0 Å². The number of benzene rings is 1. The van der Waals surface area contributed by atoms with E-state index in [2.05, 4.69) is 6.07 Å². The summed E-state index contributed by atoms with van der Waals surface area (Å²) in [7, 11) is 0. The molecule has 0 atom stereocenters. The first-order valence-corrected chi connectivity index (χ1v) is 4.24. The molecule has 0 spiro atoms. The topological polar surface area (TPSA) is 23.8 Å². The average Bonchev–Trinajstić information content (AvgIpc) is 2.03. The monoisotopic (exact) mass is 179 g/mol. The van der Waals surface area contributed by atoms with Gasteiger partial charge in [-0.3, -0.25) is 0 Å². The third-order valence-corrected chi connectivity index (χ3v) is 2.07. The minimum atomic E-state index is 0.531. The Labute approximate surface area is 77.6 Å². The zero-order valence-electron chi connectivity index (χ0n) is 6.97. The van der Waals surface area contributed by atoms with E-state index in [0.29, 0.717) is 6.42 Å². The standard InChI is InChI=1S/C10H10ClN/c1-8-4-5-9(3-2-6-12)10(11)7-8/h4-5,7H,2-3H2,1H3. The van der Waals surface area contributed by atoms with Crippen LogP contribution in [0.3, 0.4) is 0 Å². The van der Waals surface area contributed by atoms with Crippen LogP contribution in [0.15, 0.2) is 18.2 Å². The molecule has 0 unspecified atom stereocenters. The first kappa shape index (κ1) is 9.09. The van der Waals surface area contributed by atoms with Crippen LogP contribution in [0.1, 0.15) is 17.5 Å². The van der Waals surface area contributed by atoms with Crippen LogP contribution in [0, 0.1) is 18.3 Å². The fourth-order valence-electron chi connectivity index (χ4n) is 1.05. The lowest BCUT2D eigenvalue weighted by molar-refractivity contribution is 1.01. The molecule has 0 saturated heterocycles. The van der Waals surface area contributed by atoms with Crippen LogP contribution >= 0.6 is 11.6 Å². The van der Waals surface area contributed by atoms with Crippen LogP contribution in [0.2, 0.25) is 5.02 Å². The molecule has 0 aliphatic heterocycles. The van der Waals surface area contributed by atoms with Crippen molar-refractivity contribution in [1.29, 1.82) is 5.26 Å².